The van der Waals surface area contributed by atoms with Crippen LogP contribution in [0.3, 0.4) is 0 Å². The largest absolute Gasteiger partial charge is 0.398 e. The van der Waals surface area contributed by atoms with Crippen LogP contribution in [0.25, 0.3) is 0 Å². The van der Waals surface area contributed by atoms with E-state index in [0.29, 0.717) is 22.7 Å². The van der Waals surface area contributed by atoms with Gasteiger partial charge < -0.3 is 5.73 Å². The van der Waals surface area contributed by atoms with Crippen LogP contribution >= 0.6 is 11.6 Å². The van der Waals surface area contributed by atoms with Crippen LogP contribution in [-0.2, 0) is 6.42 Å². The number of pyridine rings is 1. The van der Waals surface area contributed by atoms with Crippen molar-refractivity contribution in [1.82, 2.24) is 4.98 Å². The first-order chi connectivity index (χ1) is 8.16. The van der Waals surface area contributed by atoms with E-state index in [1.807, 2.05) is 6.07 Å². The zero-order valence-corrected chi connectivity index (χ0v) is 9.82. The first-order valence-corrected chi connectivity index (χ1v) is 5.52. The van der Waals surface area contributed by atoms with Crippen molar-refractivity contribution in [2.75, 3.05) is 5.73 Å². The molecule has 0 fully saturated rings. The Kier molecular flexibility index (Phi) is 3.40. The number of halogens is 1. The van der Waals surface area contributed by atoms with Gasteiger partial charge in [0.05, 0.1) is 10.7 Å². The third kappa shape index (κ3) is 2.82. The number of aromatic nitrogens is 1. The van der Waals surface area contributed by atoms with Gasteiger partial charge >= 0.3 is 0 Å². The van der Waals surface area contributed by atoms with E-state index in [-0.39, 0.29) is 5.78 Å². The predicted molar refractivity (Wildman–Crippen MR) is 68.1 cm³/mol. The summed E-state index contributed by atoms with van der Waals surface area (Å²) in [5, 5.41) is 0.405. The standard InChI is InChI=1S/C13H11ClN2O/c14-11-7-10(3-4-12(11)15)13(17)6-9-2-1-5-16-8-9/h1-5,7-8H,6,15H2. The molecule has 0 radical (unpaired) electrons. The van der Waals surface area contributed by atoms with E-state index in [4.69, 9.17) is 17.3 Å². The van der Waals surface area contributed by atoms with E-state index < -0.39 is 0 Å². The lowest BCUT2D eigenvalue weighted by Crippen LogP contribution is -2.04. The molecular weight excluding hydrogens is 236 g/mol. The molecule has 1 aromatic carbocycles. The number of benzene rings is 1. The van der Waals surface area contributed by atoms with Crippen LogP contribution < -0.4 is 5.73 Å². The molecule has 0 aliphatic rings. The van der Waals surface area contributed by atoms with Crippen molar-refractivity contribution in [3.8, 4) is 0 Å². The molecule has 1 heterocycles. The molecule has 3 nitrogen and oxygen atoms in total. The van der Waals surface area contributed by atoms with Crippen molar-refractivity contribution in [2.24, 2.45) is 0 Å². The first kappa shape index (κ1) is 11.6. The van der Waals surface area contributed by atoms with Crippen LogP contribution in [0, 0.1) is 0 Å². The maximum atomic E-state index is 12.0. The summed E-state index contributed by atoms with van der Waals surface area (Å²) < 4.78 is 0. The lowest BCUT2D eigenvalue weighted by Gasteiger charge is -2.03. The SMILES string of the molecule is Nc1ccc(C(=O)Cc2cccnc2)cc1Cl. The molecule has 17 heavy (non-hydrogen) atoms. The van der Waals surface area contributed by atoms with Gasteiger partial charge in [0.2, 0.25) is 0 Å². The molecule has 0 aliphatic carbocycles. The zero-order valence-electron chi connectivity index (χ0n) is 9.06. The maximum absolute atomic E-state index is 12.0. The van der Waals surface area contributed by atoms with E-state index in [1.165, 1.54) is 0 Å². The Morgan fingerprint density at radius 2 is 2.18 bits per heavy atom. The van der Waals surface area contributed by atoms with Crippen LogP contribution in [0.4, 0.5) is 5.69 Å². The van der Waals surface area contributed by atoms with Crippen molar-refractivity contribution in [3.63, 3.8) is 0 Å². The number of anilines is 1. The number of nitrogen functional groups attached to an aromatic ring is 1. The maximum Gasteiger partial charge on any atom is 0.167 e. The van der Waals surface area contributed by atoms with Gasteiger partial charge in [0.25, 0.3) is 0 Å². The molecule has 0 saturated carbocycles. The van der Waals surface area contributed by atoms with Crippen LogP contribution in [-0.4, -0.2) is 10.8 Å². The Balaban J connectivity index is 2.18. The highest BCUT2D eigenvalue weighted by atomic mass is 35.5. The summed E-state index contributed by atoms with van der Waals surface area (Å²) in [5.74, 6) is -0.0000926. The number of rotatable bonds is 3. The Morgan fingerprint density at radius 3 is 2.82 bits per heavy atom. The predicted octanol–water partition coefficient (Wildman–Crippen LogP) is 2.74. The lowest BCUT2D eigenvalue weighted by atomic mass is 10.0. The second-order valence-corrected chi connectivity index (χ2v) is 4.10. The van der Waals surface area contributed by atoms with E-state index in [2.05, 4.69) is 4.98 Å². The second kappa shape index (κ2) is 4.97. The lowest BCUT2D eigenvalue weighted by molar-refractivity contribution is 0.0993. The number of carbonyl (C=O) groups is 1. The van der Waals surface area contributed by atoms with Crippen LogP contribution in [0.5, 0.6) is 0 Å². The van der Waals surface area contributed by atoms with E-state index >= 15 is 0 Å². The van der Waals surface area contributed by atoms with Gasteiger partial charge in [-0.3, -0.25) is 9.78 Å². The third-order valence-corrected chi connectivity index (χ3v) is 2.74. The summed E-state index contributed by atoms with van der Waals surface area (Å²) in [7, 11) is 0. The second-order valence-electron chi connectivity index (χ2n) is 3.70. The fourth-order valence-electron chi connectivity index (χ4n) is 1.49. The summed E-state index contributed by atoms with van der Waals surface area (Å²) in [6.07, 6.45) is 3.67. The van der Waals surface area contributed by atoms with Crippen molar-refractivity contribution in [2.45, 2.75) is 6.42 Å². The first-order valence-electron chi connectivity index (χ1n) is 5.14. The zero-order chi connectivity index (χ0) is 12.3. The van der Waals surface area contributed by atoms with Crippen molar-refractivity contribution in [3.05, 3.63) is 58.9 Å². The number of Topliss-reactive ketones (excluding diaryl/α,β-unsaturated/α-hetero) is 1. The highest BCUT2D eigenvalue weighted by Gasteiger charge is 2.08. The molecule has 0 spiro atoms. The van der Waals surface area contributed by atoms with Crippen LogP contribution in [0.2, 0.25) is 5.02 Å². The van der Waals surface area contributed by atoms with Crippen LogP contribution in [0.1, 0.15) is 15.9 Å². The molecule has 1 aromatic heterocycles. The fourth-order valence-corrected chi connectivity index (χ4v) is 1.67. The highest BCUT2D eigenvalue weighted by Crippen LogP contribution is 2.20. The van der Waals surface area contributed by atoms with Crippen molar-refractivity contribution < 1.29 is 4.79 Å². The average molecular weight is 247 g/mol. The molecule has 0 aliphatic heterocycles. The van der Waals surface area contributed by atoms with Crippen molar-refractivity contribution >= 4 is 23.1 Å². The molecule has 0 atom stereocenters. The number of nitrogens with zero attached hydrogens (tertiary/aromatic N) is 1. The number of nitrogens with two attached hydrogens (primary N) is 1. The van der Waals surface area contributed by atoms with Crippen molar-refractivity contribution in [1.29, 1.82) is 0 Å². The molecule has 0 amide bonds. The van der Waals surface area contributed by atoms with E-state index in [0.717, 1.165) is 5.56 Å². The minimum absolute atomic E-state index is 0.0000926. The summed E-state index contributed by atoms with van der Waals surface area (Å²) in [4.78, 5) is 15.9. The van der Waals surface area contributed by atoms with Gasteiger partial charge in [-0.25, -0.2) is 0 Å². The molecule has 2 N–H and O–H groups in total. The third-order valence-electron chi connectivity index (χ3n) is 2.41. The number of hydrogen-bond donors (Lipinski definition) is 1. The minimum Gasteiger partial charge on any atom is -0.398 e. The smallest absolute Gasteiger partial charge is 0.167 e. The summed E-state index contributed by atoms with van der Waals surface area (Å²) >= 11 is 5.87. The Bertz CT molecular complexity index is 540. The van der Waals surface area contributed by atoms with Crippen LogP contribution in [0.15, 0.2) is 42.7 Å². The Morgan fingerprint density at radius 1 is 1.35 bits per heavy atom. The molecule has 0 saturated heterocycles. The van der Waals surface area contributed by atoms with Gasteiger partial charge in [-0.05, 0) is 29.8 Å². The molecular formula is C13H11ClN2O. The number of carbonyl (C=O) groups excluding carboxylic acids is 1. The monoisotopic (exact) mass is 246 g/mol. The van der Waals surface area contributed by atoms with E-state index in [9.17, 15) is 4.79 Å². The Hall–Kier alpha value is -1.87. The average Bonchev–Trinajstić information content (AvgIpc) is 2.34. The molecule has 86 valence electrons. The molecule has 0 unspecified atom stereocenters. The quantitative estimate of drug-likeness (QED) is 0.669. The normalized spacial score (nSPS) is 10.2. The fraction of sp³-hybridized carbons (Fsp3) is 0.0769. The molecule has 2 aromatic rings. The minimum atomic E-state index is -0.0000926. The number of hydrogen-bond acceptors (Lipinski definition) is 3. The molecule has 2 rings (SSSR count). The van der Waals surface area contributed by atoms with Gasteiger partial charge in [-0.2, -0.15) is 0 Å². The van der Waals surface area contributed by atoms with Gasteiger partial charge in [0.1, 0.15) is 0 Å². The highest BCUT2D eigenvalue weighted by molar-refractivity contribution is 6.33. The topological polar surface area (TPSA) is 56.0 Å². The number of ketones is 1. The van der Waals surface area contributed by atoms with Gasteiger partial charge in [-0.1, -0.05) is 17.7 Å². The van der Waals surface area contributed by atoms with Gasteiger partial charge in [-0.15, -0.1) is 0 Å². The molecule has 4 heteroatoms. The Labute approximate surface area is 104 Å². The summed E-state index contributed by atoms with van der Waals surface area (Å²) in [5.41, 5.74) is 7.51. The van der Waals surface area contributed by atoms with E-state index in [1.54, 1.807) is 36.7 Å². The van der Waals surface area contributed by atoms with Gasteiger partial charge in [0, 0.05) is 24.4 Å². The summed E-state index contributed by atoms with van der Waals surface area (Å²) in [6.45, 7) is 0. The van der Waals surface area contributed by atoms with Gasteiger partial charge in [0.15, 0.2) is 5.78 Å². The molecule has 0 bridgehead atoms. The summed E-state index contributed by atoms with van der Waals surface area (Å²) in [6, 6.07) is 8.58.